The fourth-order valence-electron chi connectivity index (χ4n) is 1.18. The van der Waals surface area contributed by atoms with Crippen LogP contribution < -0.4 is 16.4 Å². The SMILES string of the molecule is CC(C)C(NC(N)=O)C(=O)NCC(C)(C)C(=O)O. The van der Waals surface area contributed by atoms with E-state index in [1.807, 2.05) is 0 Å². The average Bonchev–Trinajstić information content (AvgIpc) is 2.21. The minimum atomic E-state index is -1.07. The van der Waals surface area contributed by atoms with E-state index in [0.29, 0.717) is 0 Å². The number of nitrogens with two attached hydrogens (primary N) is 1. The summed E-state index contributed by atoms with van der Waals surface area (Å²) in [5.41, 5.74) is 3.91. The van der Waals surface area contributed by atoms with Crippen molar-refractivity contribution in [3.63, 3.8) is 0 Å². The molecule has 0 aliphatic rings. The lowest BCUT2D eigenvalue weighted by Gasteiger charge is -2.24. The smallest absolute Gasteiger partial charge is 0.312 e. The highest BCUT2D eigenvalue weighted by molar-refractivity contribution is 5.87. The summed E-state index contributed by atoms with van der Waals surface area (Å²) in [7, 11) is 0. The maximum Gasteiger partial charge on any atom is 0.312 e. The van der Waals surface area contributed by atoms with Gasteiger partial charge in [-0.3, -0.25) is 9.59 Å². The van der Waals surface area contributed by atoms with E-state index < -0.39 is 29.4 Å². The van der Waals surface area contributed by atoms with Crippen LogP contribution in [0.15, 0.2) is 0 Å². The number of amides is 3. The highest BCUT2D eigenvalue weighted by atomic mass is 16.4. The molecule has 0 rings (SSSR count). The second-order valence-electron chi connectivity index (χ2n) is 5.14. The first-order chi connectivity index (χ1) is 8.08. The van der Waals surface area contributed by atoms with Crippen LogP contribution in [0.25, 0.3) is 0 Å². The topological polar surface area (TPSA) is 122 Å². The van der Waals surface area contributed by atoms with Crippen molar-refractivity contribution in [3.8, 4) is 0 Å². The molecule has 0 saturated carbocycles. The van der Waals surface area contributed by atoms with Gasteiger partial charge in [-0.15, -0.1) is 0 Å². The number of rotatable bonds is 6. The zero-order valence-corrected chi connectivity index (χ0v) is 11.1. The molecule has 0 saturated heterocycles. The molecular formula is C11H21N3O4. The first-order valence-electron chi connectivity index (χ1n) is 5.65. The summed E-state index contributed by atoms with van der Waals surface area (Å²) in [4.78, 5) is 33.5. The summed E-state index contributed by atoms with van der Waals surface area (Å²) < 4.78 is 0. The zero-order valence-electron chi connectivity index (χ0n) is 11.1. The Morgan fingerprint density at radius 2 is 1.78 bits per heavy atom. The molecule has 0 spiro atoms. The van der Waals surface area contributed by atoms with E-state index in [1.165, 1.54) is 13.8 Å². The van der Waals surface area contributed by atoms with Crippen LogP contribution in [-0.2, 0) is 9.59 Å². The number of hydrogen-bond donors (Lipinski definition) is 4. The molecule has 0 aromatic carbocycles. The normalized spacial score (nSPS) is 12.9. The Morgan fingerprint density at radius 3 is 2.11 bits per heavy atom. The lowest BCUT2D eigenvalue weighted by Crippen LogP contribution is -2.53. The molecule has 0 heterocycles. The number of carboxylic acids is 1. The van der Waals surface area contributed by atoms with E-state index in [2.05, 4.69) is 10.6 Å². The van der Waals surface area contributed by atoms with Gasteiger partial charge in [0.2, 0.25) is 5.91 Å². The highest BCUT2D eigenvalue weighted by Gasteiger charge is 2.30. The number of primary amides is 1. The maximum atomic E-state index is 11.8. The van der Waals surface area contributed by atoms with Crippen molar-refractivity contribution in [1.29, 1.82) is 0 Å². The summed E-state index contributed by atoms with van der Waals surface area (Å²) in [5, 5.41) is 13.7. The Morgan fingerprint density at radius 1 is 1.28 bits per heavy atom. The van der Waals surface area contributed by atoms with E-state index >= 15 is 0 Å². The maximum absolute atomic E-state index is 11.8. The van der Waals surface area contributed by atoms with Crippen LogP contribution in [0, 0.1) is 11.3 Å². The van der Waals surface area contributed by atoms with Gasteiger partial charge in [0, 0.05) is 6.54 Å². The number of carbonyl (C=O) groups is 3. The molecule has 5 N–H and O–H groups in total. The van der Waals surface area contributed by atoms with Crippen LogP contribution in [0.3, 0.4) is 0 Å². The molecule has 104 valence electrons. The second kappa shape index (κ2) is 6.23. The Hall–Kier alpha value is -1.79. The number of hydrogen-bond acceptors (Lipinski definition) is 3. The fourth-order valence-corrected chi connectivity index (χ4v) is 1.18. The average molecular weight is 259 g/mol. The van der Waals surface area contributed by atoms with Crippen molar-refractivity contribution in [3.05, 3.63) is 0 Å². The largest absolute Gasteiger partial charge is 0.481 e. The first kappa shape index (κ1) is 16.2. The molecule has 3 amide bonds. The van der Waals surface area contributed by atoms with E-state index in [9.17, 15) is 14.4 Å². The van der Waals surface area contributed by atoms with Crippen molar-refractivity contribution in [2.75, 3.05) is 6.54 Å². The van der Waals surface area contributed by atoms with Crippen molar-refractivity contribution >= 4 is 17.9 Å². The third-order valence-corrected chi connectivity index (χ3v) is 2.53. The van der Waals surface area contributed by atoms with E-state index in [4.69, 9.17) is 10.8 Å². The van der Waals surface area contributed by atoms with Gasteiger partial charge >= 0.3 is 12.0 Å². The summed E-state index contributed by atoms with van der Waals surface area (Å²) in [5.74, 6) is -1.60. The molecule has 0 fully saturated rings. The molecule has 0 aliphatic carbocycles. The quantitative estimate of drug-likeness (QED) is 0.532. The van der Waals surface area contributed by atoms with E-state index in [1.54, 1.807) is 13.8 Å². The van der Waals surface area contributed by atoms with Gasteiger partial charge in [-0.1, -0.05) is 13.8 Å². The molecule has 1 atom stereocenters. The van der Waals surface area contributed by atoms with Crippen LogP contribution in [0.5, 0.6) is 0 Å². The predicted molar refractivity (Wildman–Crippen MR) is 65.8 cm³/mol. The van der Waals surface area contributed by atoms with Crippen LogP contribution in [-0.4, -0.2) is 35.6 Å². The fraction of sp³-hybridized carbons (Fsp3) is 0.727. The first-order valence-corrected chi connectivity index (χ1v) is 5.65. The van der Waals surface area contributed by atoms with Gasteiger partial charge in [-0.05, 0) is 19.8 Å². The number of nitrogens with one attached hydrogen (secondary N) is 2. The monoisotopic (exact) mass is 259 g/mol. The lowest BCUT2D eigenvalue weighted by atomic mass is 9.93. The van der Waals surface area contributed by atoms with Gasteiger partial charge in [0.25, 0.3) is 0 Å². The minimum Gasteiger partial charge on any atom is -0.481 e. The molecular weight excluding hydrogens is 238 g/mol. The molecule has 0 radical (unpaired) electrons. The summed E-state index contributed by atoms with van der Waals surface area (Å²) in [6.45, 7) is 6.49. The van der Waals surface area contributed by atoms with Gasteiger partial charge in [-0.25, -0.2) is 4.79 Å². The number of aliphatic carboxylic acids is 1. The predicted octanol–water partition coefficient (Wildman–Crippen LogP) is -0.0937. The molecule has 0 aliphatic heterocycles. The van der Waals surface area contributed by atoms with Crippen molar-refractivity contribution < 1.29 is 19.5 Å². The highest BCUT2D eigenvalue weighted by Crippen LogP contribution is 2.13. The third-order valence-electron chi connectivity index (χ3n) is 2.53. The Labute approximate surface area is 106 Å². The standard InChI is InChI=1S/C11H21N3O4/c1-6(2)7(14-10(12)18)8(15)13-5-11(3,4)9(16)17/h6-7H,5H2,1-4H3,(H,13,15)(H,16,17)(H3,12,14,18). The Balaban J connectivity index is 4.54. The number of carboxylic acid groups (broad SMARTS) is 1. The van der Waals surface area contributed by atoms with Gasteiger partial charge < -0.3 is 21.5 Å². The van der Waals surface area contributed by atoms with Crippen LogP contribution in [0.4, 0.5) is 4.79 Å². The van der Waals surface area contributed by atoms with Crippen molar-refractivity contribution in [2.24, 2.45) is 17.1 Å². The molecule has 7 heteroatoms. The van der Waals surface area contributed by atoms with Gasteiger partial charge in [0.15, 0.2) is 0 Å². The lowest BCUT2D eigenvalue weighted by molar-refractivity contribution is -0.146. The number of urea groups is 1. The van der Waals surface area contributed by atoms with E-state index in [-0.39, 0.29) is 12.5 Å². The van der Waals surface area contributed by atoms with Gasteiger partial charge in [0.05, 0.1) is 5.41 Å². The van der Waals surface area contributed by atoms with Crippen molar-refractivity contribution in [1.82, 2.24) is 10.6 Å². The molecule has 0 aromatic rings. The Bertz CT molecular complexity index is 339. The molecule has 18 heavy (non-hydrogen) atoms. The van der Waals surface area contributed by atoms with Crippen molar-refractivity contribution in [2.45, 2.75) is 33.7 Å². The van der Waals surface area contributed by atoms with Crippen LogP contribution in [0.2, 0.25) is 0 Å². The van der Waals surface area contributed by atoms with Crippen LogP contribution in [0.1, 0.15) is 27.7 Å². The number of carbonyl (C=O) groups excluding carboxylic acids is 2. The molecule has 0 aromatic heterocycles. The van der Waals surface area contributed by atoms with Gasteiger partial charge in [0.1, 0.15) is 6.04 Å². The molecule has 1 unspecified atom stereocenters. The van der Waals surface area contributed by atoms with Gasteiger partial charge in [-0.2, -0.15) is 0 Å². The molecule has 7 nitrogen and oxygen atoms in total. The van der Waals surface area contributed by atoms with Crippen LogP contribution >= 0.6 is 0 Å². The summed E-state index contributed by atoms with van der Waals surface area (Å²) in [6, 6.07) is -1.56. The van der Waals surface area contributed by atoms with E-state index in [0.717, 1.165) is 0 Å². The zero-order chi connectivity index (χ0) is 14.5. The summed E-state index contributed by atoms with van der Waals surface area (Å²) in [6.07, 6.45) is 0. The third kappa shape index (κ3) is 5.03. The Kier molecular flexibility index (Phi) is 5.61. The summed E-state index contributed by atoms with van der Waals surface area (Å²) >= 11 is 0. The minimum absolute atomic E-state index is 0.0230. The second-order valence-corrected chi connectivity index (χ2v) is 5.14. The molecule has 0 bridgehead atoms.